The number of amides is 4. The van der Waals surface area contributed by atoms with Crippen molar-refractivity contribution in [1.82, 2.24) is 15.1 Å². The fourth-order valence-electron chi connectivity index (χ4n) is 4.29. The van der Waals surface area contributed by atoms with Crippen molar-refractivity contribution >= 4 is 23.5 Å². The smallest absolute Gasteiger partial charge is 0.317 e. The largest absolute Gasteiger partial charge is 0.459 e. The molecule has 1 aliphatic heterocycles. The van der Waals surface area contributed by atoms with Gasteiger partial charge in [0, 0.05) is 43.5 Å². The van der Waals surface area contributed by atoms with Crippen LogP contribution in [-0.2, 0) is 0 Å². The van der Waals surface area contributed by atoms with Crippen LogP contribution in [0.4, 0.5) is 10.5 Å². The van der Waals surface area contributed by atoms with Gasteiger partial charge in [0.1, 0.15) is 0 Å². The molecule has 0 bridgehead atoms. The number of rotatable bonds is 4. The number of nitrogens with zero attached hydrogens (tertiary/aromatic N) is 2. The molecule has 1 saturated carbocycles. The van der Waals surface area contributed by atoms with Gasteiger partial charge in [0.05, 0.1) is 6.26 Å². The topological polar surface area (TPSA) is 94.9 Å². The van der Waals surface area contributed by atoms with E-state index in [0.717, 1.165) is 18.4 Å². The first-order chi connectivity index (χ1) is 15.5. The van der Waals surface area contributed by atoms with Crippen LogP contribution in [0, 0.1) is 6.92 Å². The Labute approximate surface area is 187 Å². The lowest BCUT2D eigenvalue weighted by Crippen LogP contribution is -2.54. The molecule has 0 atom stereocenters. The Bertz CT molecular complexity index is 958. The van der Waals surface area contributed by atoms with Crippen molar-refractivity contribution in [3.05, 3.63) is 53.5 Å². The van der Waals surface area contributed by atoms with E-state index in [9.17, 15) is 14.4 Å². The third-order valence-electron chi connectivity index (χ3n) is 6.26. The van der Waals surface area contributed by atoms with Gasteiger partial charge in [-0.3, -0.25) is 9.59 Å². The van der Waals surface area contributed by atoms with E-state index >= 15 is 0 Å². The third kappa shape index (κ3) is 5.12. The van der Waals surface area contributed by atoms with Crippen molar-refractivity contribution < 1.29 is 18.8 Å². The van der Waals surface area contributed by atoms with Gasteiger partial charge in [-0.1, -0.05) is 25.3 Å². The first-order valence-electron chi connectivity index (χ1n) is 11.3. The summed E-state index contributed by atoms with van der Waals surface area (Å²) in [6.07, 6.45) is 7.14. The Morgan fingerprint density at radius 2 is 1.69 bits per heavy atom. The zero-order valence-electron chi connectivity index (χ0n) is 18.4. The second kappa shape index (κ2) is 9.89. The van der Waals surface area contributed by atoms with Crippen molar-refractivity contribution in [2.24, 2.45) is 0 Å². The predicted octanol–water partition coefficient (Wildman–Crippen LogP) is 3.64. The molecule has 2 aliphatic rings. The molecule has 1 aromatic heterocycles. The normalized spacial score (nSPS) is 17.2. The Hall–Kier alpha value is -3.29. The molecule has 0 radical (unpaired) electrons. The minimum Gasteiger partial charge on any atom is -0.459 e. The highest BCUT2D eigenvalue weighted by Crippen LogP contribution is 2.21. The van der Waals surface area contributed by atoms with Gasteiger partial charge in [-0.25, -0.2) is 4.79 Å². The first-order valence-corrected chi connectivity index (χ1v) is 11.3. The molecular formula is C24H30N4O4. The summed E-state index contributed by atoms with van der Waals surface area (Å²) < 4.78 is 5.13. The molecule has 1 aromatic carbocycles. The number of piperazine rings is 1. The highest BCUT2D eigenvalue weighted by Gasteiger charge is 2.27. The Balaban J connectivity index is 1.33. The van der Waals surface area contributed by atoms with Gasteiger partial charge in [-0.15, -0.1) is 0 Å². The standard InChI is InChI=1S/C24H30N4O4/c1-17-9-10-18(16-20(17)26-22(29)21-8-5-15-32-21)23(30)27-11-13-28(14-12-27)24(31)25-19-6-3-2-4-7-19/h5,8-10,15-16,19H,2-4,6-7,11-14H2,1H3,(H,25,31)(H,26,29). The zero-order valence-corrected chi connectivity index (χ0v) is 18.4. The van der Waals surface area contributed by atoms with Crippen molar-refractivity contribution in [3.8, 4) is 0 Å². The van der Waals surface area contributed by atoms with Crippen molar-refractivity contribution in [1.29, 1.82) is 0 Å². The van der Waals surface area contributed by atoms with Crippen LogP contribution in [0.1, 0.15) is 58.6 Å². The van der Waals surface area contributed by atoms with E-state index in [1.807, 2.05) is 13.0 Å². The fourth-order valence-corrected chi connectivity index (χ4v) is 4.29. The van der Waals surface area contributed by atoms with Gasteiger partial charge >= 0.3 is 6.03 Å². The maximum absolute atomic E-state index is 13.0. The molecule has 8 nitrogen and oxygen atoms in total. The Morgan fingerprint density at radius 3 is 2.38 bits per heavy atom. The van der Waals surface area contributed by atoms with Crippen molar-refractivity contribution in [3.63, 3.8) is 0 Å². The number of anilines is 1. The molecule has 1 aliphatic carbocycles. The predicted molar refractivity (Wildman–Crippen MR) is 121 cm³/mol. The van der Waals surface area contributed by atoms with Crippen LogP contribution < -0.4 is 10.6 Å². The summed E-state index contributed by atoms with van der Waals surface area (Å²) >= 11 is 0. The maximum atomic E-state index is 13.0. The molecule has 0 spiro atoms. The number of benzene rings is 1. The Kier molecular flexibility index (Phi) is 6.78. The van der Waals surface area contributed by atoms with Gasteiger partial charge in [0.15, 0.2) is 5.76 Å². The van der Waals surface area contributed by atoms with Gasteiger partial charge in [-0.05, 0) is 49.6 Å². The molecule has 2 aromatic rings. The van der Waals surface area contributed by atoms with Crippen LogP contribution >= 0.6 is 0 Å². The van der Waals surface area contributed by atoms with Crippen LogP contribution in [0.25, 0.3) is 0 Å². The van der Waals surface area contributed by atoms with Crippen LogP contribution in [0.15, 0.2) is 41.0 Å². The summed E-state index contributed by atoms with van der Waals surface area (Å²) in [5.41, 5.74) is 1.93. The highest BCUT2D eigenvalue weighted by atomic mass is 16.3. The molecular weight excluding hydrogens is 408 g/mol. The summed E-state index contributed by atoms with van der Waals surface area (Å²) in [6, 6.07) is 8.77. The molecule has 2 N–H and O–H groups in total. The number of hydrogen-bond acceptors (Lipinski definition) is 4. The van der Waals surface area contributed by atoms with Gasteiger partial charge < -0.3 is 24.9 Å². The summed E-state index contributed by atoms with van der Waals surface area (Å²) in [7, 11) is 0. The van der Waals surface area contributed by atoms with E-state index in [1.165, 1.54) is 25.5 Å². The number of nitrogens with one attached hydrogen (secondary N) is 2. The van der Waals surface area contributed by atoms with E-state index in [0.29, 0.717) is 37.4 Å². The SMILES string of the molecule is Cc1ccc(C(=O)N2CCN(C(=O)NC3CCCCC3)CC2)cc1NC(=O)c1ccco1. The lowest BCUT2D eigenvalue weighted by atomic mass is 9.96. The number of carbonyl (C=O) groups is 3. The molecule has 1 saturated heterocycles. The minimum atomic E-state index is -0.361. The Morgan fingerprint density at radius 1 is 0.969 bits per heavy atom. The van der Waals surface area contributed by atoms with Gasteiger partial charge in [0.2, 0.25) is 0 Å². The van der Waals surface area contributed by atoms with Gasteiger partial charge in [-0.2, -0.15) is 0 Å². The molecule has 2 heterocycles. The number of furan rings is 1. The number of aryl methyl sites for hydroxylation is 1. The molecule has 8 heteroatoms. The molecule has 0 unspecified atom stereocenters. The molecule has 32 heavy (non-hydrogen) atoms. The van der Waals surface area contributed by atoms with E-state index in [-0.39, 0.29) is 29.6 Å². The average Bonchev–Trinajstić information content (AvgIpc) is 3.36. The summed E-state index contributed by atoms with van der Waals surface area (Å²) in [6.45, 7) is 3.87. The third-order valence-corrected chi connectivity index (χ3v) is 6.26. The number of carbonyl (C=O) groups excluding carboxylic acids is 3. The maximum Gasteiger partial charge on any atom is 0.317 e. The van der Waals surface area contributed by atoms with Crippen LogP contribution in [0.3, 0.4) is 0 Å². The highest BCUT2D eigenvalue weighted by molar-refractivity contribution is 6.04. The average molecular weight is 439 g/mol. The van der Waals surface area contributed by atoms with Crippen molar-refractivity contribution in [2.75, 3.05) is 31.5 Å². The number of urea groups is 1. The lowest BCUT2D eigenvalue weighted by molar-refractivity contribution is 0.0662. The zero-order chi connectivity index (χ0) is 22.5. The van der Waals surface area contributed by atoms with E-state index < -0.39 is 0 Å². The van der Waals surface area contributed by atoms with Gasteiger partial charge in [0.25, 0.3) is 11.8 Å². The van der Waals surface area contributed by atoms with Crippen LogP contribution in [0.2, 0.25) is 0 Å². The van der Waals surface area contributed by atoms with E-state index in [1.54, 1.807) is 34.1 Å². The first kappa shape index (κ1) is 21.9. The number of hydrogen-bond donors (Lipinski definition) is 2. The lowest BCUT2D eigenvalue weighted by Gasteiger charge is -2.36. The minimum absolute atomic E-state index is 0.0257. The van der Waals surface area contributed by atoms with E-state index in [2.05, 4.69) is 10.6 Å². The van der Waals surface area contributed by atoms with E-state index in [4.69, 9.17) is 4.42 Å². The monoisotopic (exact) mass is 438 g/mol. The van der Waals surface area contributed by atoms with Crippen LogP contribution in [0.5, 0.6) is 0 Å². The second-order valence-corrected chi connectivity index (χ2v) is 8.52. The quantitative estimate of drug-likeness (QED) is 0.762. The molecule has 170 valence electrons. The van der Waals surface area contributed by atoms with Crippen molar-refractivity contribution in [2.45, 2.75) is 45.1 Å². The summed E-state index contributed by atoms with van der Waals surface area (Å²) in [5.74, 6) is -0.255. The fraction of sp³-hybridized carbons (Fsp3) is 0.458. The molecule has 4 amide bonds. The second-order valence-electron chi connectivity index (χ2n) is 8.52. The molecule has 2 fully saturated rings. The summed E-state index contributed by atoms with van der Waals surface area (Å²) in [5, 5.41) is 5.95. The summed E-state index contributed by atoms with van der Waals surface area (Å²) in [4.78, 5) is 41.5. The molecule has 4 rings (SSSR count). The van der Waals surface area contributed by atoms with Crippen LogP contribution in [-0.4, -0.2) is 59.9 Å².